The van der Waals surface area contributed by atoms with Gasteiger partial charge in [0.2, 0.25) is 5.91 Å². The molecule has 2 N–H and O–H groups in total. The predicted octanol–water partition coefficient (Wildman–Crippen LogP) is 2.25. The Labute approximate surface area is 167 Å². The highest BCUT2D eigenvalue weighted by atomic mass is 16.5. The standard InChI is InChI=1S/C20H21N3O6/c1-12(2)29-17(25)13-6-8-14(9-7-13)21-16(24)11-23-18(26)20(3,22-19(23)27)15-5-4-10-28-15/h4-10,12H,11H2,1-3H3,(H,21,24)(H,22,27). The first-order chi connectivity index (χ1) is 13.7. The lowest BCUT2D eigenvalue weighted by Crippen LogP contribution is -2.41. The summed E-state index contributed by atoms with van der Waals surface area (Å²) >= 11 is 0. The molecule has 0 saturated carbocycles. The van der Waals surface area contributed by atoms with Gasteiger partial charge in [-0.05, 0) is 57.2 Å². The lowest BCUT2D eigenvalue weighted by Gasteiger charge is -2.18. The van der Waals surface area contributed by atoms with Gasteiger partial charge in [0, 0.05) is 5.69 Å². The predicted molar refractivity (Wildman–Crippen MR) is 102 cm³/mol. The van der Waals surface area contributed by atoms with Gasteiger partial charge in [-0.25, -0.2) is 9.59 Å². The molecule has 1 aromatic heterocycles. The summed E-state index contributed by atoms with van der Waals surface area (Å²) in [7, 11) is 0. The fraction of sp³-hybridized carbons (Fsp3) is 0.300. The fourth-order valence-electron chi connectivity index (χ4n) is 2.89. The van der Waals surface area contributed by atoms with E-state index in [1.165, 1.54) is 37.5 Å². The van der Waals surface area contributed by atoms with Crippen molar-refractivity contribution in [2.75, 3.05) is 11.9 Å². The van der Waals surface area contributed by atoms with Crippen LogP contribution in [0, 0.1) is 0 Å². The summed E-state index contributed by atoms with van der Waals surface area (Å²) < 4.78 is 10.3. The molecule has 0 aliphatic carbocycles. The van der Waals surface area contributed by atoms with Gasteiger partial charge in [-0.2, -0.15) is 0 Å². The monoisotopic (exact) mass is 399 g/mol. The third-order valence-corrected chi connectivity index (χ3v) is 4.34. The fourth-order valence-corrected chi connectivity index (χ4v) is 2.89. The van der Waals surface area contributed by atoms with Crippen LogP contribution in [0.3, 0.4) is 0 Å². The van der Waals surface area contributed by atoms with E-state index in [0.29, 0.717) is 11.3 Å². The lowest BCUT2D eigenvalue weighted by atomic mass is 9.99. The van der Waals surface area contributed by atoms with Crippen LogP contribution in [0.2, 0.25) is 0 Å². The van der Waals surface area contributed by atoms with Crippen molar-refractivity contribution in [2.24, 2.45) is 0 Å². The van der Waals surface area contributed by atoms with Crippen LogP contribution in [0.4, 0.5) is 10.5 Å². The van der Waals surface area contributed by atoms with E-state index in [2.05, 4.69) is 10.6 Å². The van der Waals surface area contributed by atoms with Gasteiger partial charge >= 0.3 is 12.0 Å². The SMILES string of the molecule is CC(C)OC(=O)c1ccc(NC(=O)CN2C(=O)NC(C)(c3ccco3)C2=O)cc1. The highest BCUT2D eigenvalue weighted by molar-refractivity contribution is 6.10. The summed E-state index contributed by atoms with van der Waals surface area (Å²) in [4.78, 5) is 49.9. The summed E-state index contributed by atoms with van der Waals surface area (Å²) in [6.45, 7) is 4.55. The molecule has 4 amide bonds. The molecule has 2 aromatic rings. The Morgan fingerprint density at radius 3 is 2.48 bits per heavy atom. The maximum Gasteiger partial charge on any atom is 0.338 e. The number of carbonyl (C=O) groups is 4. The zero-order valence-electron chi connectivity index (χ0n) is 16.2. The number of imide groups is 1. The van der Waals surface area contributed by atoms with Crippen molar-refractivity contribution in [2.45, 2.75) is 32.4 Å². The molecule has 1 aromatic carbocycles. The van der Waals surface area contributed by atoms with Gasteiger partial charge in [0.15, 0.2) is 5.54 Å². The number of hydrogen-bond donors (Lipinski definition) is 2. The van der Waals surface area contributed by atoms with E-state index in [-0.39, 0.29) is 11.9 Å². The first kappa shape index (κ1) is 20.1. The summed E-state index contributed by atoms with van der Waals surface area (Å²) in [5.74, 6) is -1.33. The van der Waals surface area contributed by atoms with Gasteiger partial charge in [-0.15, -0.1) is 0 Å². The Morgan fingerprint density at radius 2 is 1.90 bits per heavy atom. The van der Waals surface area contributed by atoms with Crippen LogP contribution in [0.5, 0.6) is 0 Å². The van der Waals surface area contributed by atoms with Crippen LogP contribution in [-0.4, -0.2) is 41.4 Å². The van der Waals surface area contributed by atoms with E-state index in [4.69, 9.17) is 9.15 Å². The average Bonchev–Trinajstić information content (AvgIpc) is 3.26. The van der Waals surface area contributed by atoms with E-state index >= 15 is 0 Å². The minimum absolute atomic E-state index is 0.238. The normalized spacial score (nSPS) is 18.7. The molecule has 0 bridgehead atoms. The molecule has 29 heavy (non-hydrogen) atoms. The Balaban J connectivity index is 1.63. The second-order valence-corrected chi connectivity index (χ2v) is 7.00. The van der Waals surface area contributed by atoms with Crippen molar-refractivity contribution >= 4 is 29.5 Å². The van der Waals surface area contributed by atoms with E-state index < -0.39 is 35.9 Å². The number of urea groups is 1. The molecular formula is C20H21N3O6. The van der Waals surface area contributed by atoms with E-state index in [9.17, 15) is 19.2 Å². The van der Waals surface area contributed by atoms with Crippen LogP contribution in [0.25, 0.3) is 0 Å². The van der Waals surface area contributed by atoms with Gasteiger partial charge < -0.3 is 19.8 Å². The molecule has 0 spiro atoms. The average molecular weight is 399 g/mol. The Hall–Kier alpha value is -3.62. The second kappa shape index (κ2) is 7.78. The largest absolute Gasteiger partial charge is 0.466 e. The van der Waals surface area contributed by atoms with Crippen molar-refractivity contribution in [3.05, 3.63) is 54.0 Å². The van der Waals surface area contributed by atoms with Crippen molar-refractivity contribution in [1.82, 2.24) is 10.2 Å². The molecule has 3 rings (SSSR count). The molecule has 9 nitrogen and oxygen atoms in total. The minimum Gasteiger partial charge on any atom is -0.466 e. The molecule has 152 valence electrons. The number of amides is 4. The Morgan fingerprint density at radius 1 is 1.21 bits per heavy atom. The van der Waals surface area contributed by atoms with Crippen LogP contribution < -0.4 is 10.6 Å². The number of anilines is 1. The van der Waals surface area contributed by atoms with Gasteiger partial charge in [-0.1, -0.05) is 0 Å². The number of nitrogens with zero attached hydrogens (tertiary/aromatic N) is 1. The summed E-state index contributed by atoms with van der Waals surface area (Å²) in [5, 5.41) is 5.14. The number of carbonyl (C=O) groups excluding carboxylic acids is 4. The van der Waals surface area contributed by atoms with Gasteiger partial charge in [0.05, 0.1) is 17.9 Å². The van der Waals surface area contributed by atoms with Crippen molar-refractivity contribution < 1.29 is 28.3 Å². The molecular weight excluding hydrogens is 378 g/mol. The summed E-state index contributed by atoms with van der Waals surface area (Å²) in [6, 6.07) is 8.60. The van der Waals surface area contributed by atoms with Crippen LogP contribution >= 0.6 is 0 Å². The zero-order valence-corrected chi connectivity index (χ0v) is 16.2. The first-order valence-corrected chi connectivity index (χ1v) is 8.99. The Bertz CT molecular complexity index is 936. The molecule has 1 unspecified atom stereocenters. The molecule has 2 heterocycles. The molecule has 1 aliphatic rings. The number of furan rings is 1. The van der Waals surface area contributed by atoms with Gasteiger partial charge in [0.1, 0.15) is 12.3 Å². The number of nitrogens with one attached hydrogen (secondary N) is 2. The quantitative estimate of drug-likeness (QED) is 0.568. The first-order valence-electron chi connectivity index (χ1n) is 8.99. The smallest absolute Gasteiger partial charge is 0.338 e. The third kappa shape index (κ3) is 4.13. The number of benzene rings is 1. The Kier molecular flexibility index (Phi) is 5.40. The molecule has 1 saturated heterocycles. The lowest BCUT2D eigenvalue weighted by molar-refractivity contribution is -0.134. The molecule has 1 aliphatic heterocycles. The molecule has 1 fully saturated rings. The zero-order chi connectivity index (χ0) is 21.2. The third-order valence-electron chi connectivity index (χ3n) is 4.34. The molecule has 1 atom stereocenters. The maximum absolute atomic E-state index is 12.7. The van der Waals surface area contributed by atoms with Crippen molar-refractivity contribution in [1.29, 1.82) is 0 Å². The summed E-state index contributed by atoms with van der Waals surface area (Å²) in [6.07, 6.45) is 1.16. The number of rotatable bonds is 6. The van der Waals surface area contributed by atoms with Crippen LogP contribution in [0.1, 0.15) is 36.9 Å². The molecule has 9 heteroatoms. The number of hydrogen-bond acceptors (Lipinski definition) is 6. The highest BCUT2D eigenvalue weighted by Gasteiger charge is 2.51. The van der Waals surface area contributed by atoms with Gasteiger partial charge in [-0.3, -0.25) is 14.5 Å². The van der Waals surface area contributed by atoms with Crippen molar-refractivity contribution in [3.8, 4) is 0 Å². The number of ether oxygens (including phenoxy) is 1. The summed E-state index contributed by atoms with van der Waals surface area (Å²) in [5.41, 5.74) is -0.601. The van der Waals surface area contributed by atoms with E-state index in [0.717, 1.165) is 4.90 Å². The van der Waals surface area contributed by atoms with E-state index in [1.807, 2.05) is 0 Å². The second-order valence-electron chi connectivity index (χ2n) is 7.00. The van der Waals surface area contributed by atoms with Crippen LogP contribution in [0.15, 0.2) is 47.1 Å². The topological polar surface area (TPSA) is 118 Å². The minimum atomic E-state index is -1.36. The maximum atomic E-state index is 12.7. The highest BCUT2D eigenvalue weighted by Crippen LogP contribution is 2.28. The molecule has 0 radical (unpaired) electrons. The van der Waals surface area contributed by atoms with Gasteiger partial charge in [0.25, 0.3) is 5.91 Å². The van der Waals surface area contributed by atoms with E-state index in [1.54, 1.807) is 26.0 Å². The number of esters is 1. The van der Waals surface area contributed by atoms with Crippen molar-refractivity contribution in [3.63, 3.8) is 0 Å². The van der Waals surface area contributed by atoms with Crippen LogP contribution in [-0.2, 0) is 19.9 Å².